The molecule has 0 radical (unpaired) electrons. The summed E-state index contributed by atoms with van der Waals surface area (Å²) < 4.78 is 17.5. The highest BCUT2D eigenvalue weighted by molar-refractivity contribution is 5.66. The zero-order chi connectivity index (χ0) is 28.3. The van der Waals surface area contributed by atoms with Crippen LogP contribution in [-0.2, 0) is 19.0 Å². The van der Waals surface area contributed by atoms with Crippen LogP contribution >= 0.6 is 0 Å². The molecule has 0 saturated heterocycles. The second-order valence-electron chi connectivity index (χ2n) is 11.5. The third-order valence-corrected chi connectivity index (χ3v) is 7.06. The molecule has 2 unspecified atom stereocenters. The van der Waals surface area contributed by atoms with Crippen molar-refractivity contribution in [2.75, 3.05) is 33.9 Å². The SMILES string of the molecule is C=C(CC(CN(C)C)OC(C)=O)OCC(CCCCCCCCCCCCCCCCCC)OCCCC. The molecular weight excluding hydrogens is 474 g/mol. The molecule has 2 atom stereocenters. The van der Waals surface area contributed by atoms with Crippen molar-refractivity contribution < 1.29 is 19.0 Å². The lowest BCUT2D eigenvalue weighted by Crippen LogP contribution is -2.30. The number of carbonyl (C=O) groups excluding carboxylic acids is 1. The van der Waals surface area contributed by atoms with E-state index in [4.69, 9.17) is 14.2 Å². The van der Waals surface area contributed by atoms with Gasteiger partial charge in [0.05, 0.1) is 11.9 Å². The molecule has 5 heteroatoms. The number of hydrogen-bond acceptors (Lipinski definition) is 5. The number of nitrogens with zero attached hydrogens (tertiary/aromatic N) is 1. The molecule has 38 heavy (non-hydrogen) atoms. The van der Waals surface area contributed by atoms with E-state index in [0.29, 0.717) is 25.3 Å². The van der Waals surface area contributed by atoms with Crippen LogP contribution in [0.4, 0.5) is 0 Å². The molecule has 0 aliphatic rings. The van der Waals surface area contributed by atoms with Crippen molar-refractivity contribution in [2.24, 2.45) is 0 Å². The Balaban J connectivity index is 3.95. The van der Waals surface area contributed by atoms with Crippen molar-refractivity contribution in [3.05, 3.63) is 12.3 Å². The van der Waals surface area contributed by atoms with E-state index in [1.54, 1.807) is 0 Å². The van der Waals surface area contributed by atoms with Crippen LogP contribution < -0.4 is 0 Å². The maximum absolute atomic E-state index is 11.4. The highest BCUT2D eigenvalue weighted by Gasteiger charge is 2.17. The molecule has 0 aliphatic heterocycles. The van der Waals surface area contributed by atoms with Gasteiger partial charge in [-0.25, -0.2) is 0 Å². The van der Waals surface area contributed by atoms with Crippen LogP contribution in [0.3, 0.4) is 0 Å². The average Bonchev–Trinajstić information content (AvgIpc) is 2.85. The maximum atomic E-state index is 11.4. The van der Waals surface area contributed by atoms with E-state index in [9.17, 15) is 4.79 Å². The Morgan fingerprint density at radius 1 is 0.711 bits per heavy atom. The van der Waals surface area contributed by atoms with Gasteiger partial charge in [-0.1, -0.05) is 130 Å². The van der Waals surface area contributed by atoms with Crippen molar-refractivity contribution in [3.63, 3.8) is 0 Å². The lowest BCUT2D eigenvalue weighted by Gasteiger charge is -2.23. The number of unbranched alkanes of at least 4 members (excludes halogenated alkanes) is 16. The van der Waals surface area contributed by atoms with Gasteiger partial charge in [-0.05, 0) is 26.9 Å². The molecule has 0 spiro atoms. The van der Waals surface area contributed by atoms with Crippen molar-refractivity contribution >= 4 is 5.97 Å². The van der Waals surface area contributed by atoms with E-state index < -0.39 is 0 Å². The highest BCUT2D eigenvalue weighted by Crippen LogP contribution is 2.17. The van der Waals surface area contributed by atoms with E-state index >= 15 is 0 Å². The summed E-state index contributed by atoms with van der Waals surface area (Å²) in [4.78, 5) is 13.4. The van der Waals surface area contributed by atoms with Gasteiger partial charge in [-0.3, -0.25) is 4.79 Å². The number of esters is 1. The fourth-order valence-corrected chi connectivity index (χ4v) is 4.84. The quantitative estimate of drug-likeness (QED) is 0.0538. The summed E-state index contributed by atoms with van der Waals surface area (Å²) in [7, 11) is 3.94. The summed E-state index contributed by atoms with van der Waals surface area (Å²) >= 11 is 0. The Morgan fingerprint density at radius 2 is 1.18 bits per heavy atom. The van der Waals surface area contributed by atoms with Gasteiger partial charge in [-0.15, -0.1) is 0 Å². The molecule has 0 aromatic rings. The Bertz CT molecular complexity index is 537. The predicted octanol–water partition coefficient (Wildman–Crippen LogP) is 9.24. The first-order valence-electron chi connectivity index (χ1n) is 16.1. The Morgan fingerprint density at radius 3 is 1.63 bits per heavy atom. The third kappa shape index (κ3) is 26.5. The molecule has 226 valence electrons. The summed E-state index contributed by atoms with van der Waals surface area (Å²) in [5, 5.41) is 0. The minimum atomic E-state index is -0.270. The molecule has 0 fully saturated rings. The first kappa shape index (κ1) is 36.9. The average molecular weight is 540 g/mol. The maximum Gasteiger partial charge on any atom is 0.302 e. The third-order valence-electron chi connectivity index (χ3n) is 7.06. The van der Waals surface area contributed by atoms with E-state index in [-0.39, 0.29) is 18.2 Å². The van der Waals surface area contributed by atoms with E-state index in [1.165, 1.54) is 110 Å². The number of ether oxygens (including phenoxy) is 3. The molecule has 0 bridgehead atoms. The summed E-state index contributed by atoms with van der Waals surface area (Å²) in [6.07, 6.45) is 25.7. The lowest BCUT2D eigenvalue weighted by atomic mass is 10.0. The minimum Gasteiger partial charge on any atom is -0.496 e. The van der Waals surface area contributed by atoms with Gasteiger partial charge >= 0.3 is 5.97 Å². The minimum absolute atomic E-state index is 0.103. The summed E-state index contributed by atoms with van der Waals surface area (Å²) in [5.41, 5.74) is 0. The van der Waals surface area contributed by atoms with Gasteiger partial charge in [0, 0.05) is 26.5 Å². The molecule has 0 aromatic heterocycles. The molecule has 0 aromatic carbocycles. The summed E-state index contributed by atoms with van der Waals surface area (Å²) in [5.74, 6) is 0.392. The van der Waals surface area contributed by atoms with E-state index in [0.717, 1.165) is 25.9 Å². The standard InChI is InChI=1S/C33H65NO4/c1-7-9-11-12-13-14-15-16-17-18-19-20-21-22-23-24-25-32(36-26-10-8-2)29-37-30(3)27-33(28-34(5)6)38-31(4)35/h32-33H,3,7-29H2,1-2,4-6H3. The lowest BCUT2D eigenvalue weighted by molar-refractivity contribution is -0.147. The van der Waals surface area contributed by atoms with Gasteiger partial charge in [-0.2, -0.15) is 0 Å². The van der Waals surface area contributed by atoms with Crippen LogP contribution in [0.25, 0.3) is 0 Å². The molecule has 0 N–H and O–H groups in total. The number of likely N-dealkylation sites (N-methyl/N-ethyl adjacent to an activating group) is 1. The highest BCUT2D eigenvalue weighted by atomic mass is 16.6. The van der Waals surface area contributed by atoms with E-state index in [2.05, 4.69) is 20.4 Å². The normalized spacial score (nSPS) is 13.0. The smallest absolute Gasteiger partial charge is 0.302 e. The first-order valence-corrected chi connectivity index (χ1v) is 16.1. The van der Waals surface area contributed by atoms with Gasteiger partial charge in [0.2, 0.25) is 0 Å². The Hall–Kier alpha value is -1.07. The molecule has 0 amide bonds. The van der Waals surface area contributed by atoms with Crippen LogP contribution in [0.1, 0.15) is 149 Å². The Kier molecular flexibility index (Phi) is 26.7. The number of hydrogen-bond donors (Lipinski definition) is 0. The second-order valence-corrected chi connectivity index (χ2v) is 11.5. The van der Waals surface area contributed by atoms with Crippen molar-refractivity contribution in [1.29, 1.82) is 0 Å². The van der Waals surface area contributed by atoms with Crippen LogP contribution in [0.15, 0.2) is 12.3 Å². The second kappa shape index (κ2) is 27.5. The fourth-order valence-electron chi connectivity index (χ4n) is 4.84. The number of carbonyl (C=O) groups is 1. The van der Waals surface area contributed by atoms with Gasteiger partial charge in [0.15, 0.2) is 0 Å². The summed E-state index contributed by atoms with van der Waals surface area (Å²) in [6.45, 7) is 11.9. The fraction of sp³-hybridized carbons (Fsp3) is 0.909. The van der Waals surface area contributed by atoms with Crippen LogP contribution in [0, 0.1) is 0 Å². The first-order chi connectivity index (χ1) is 18.4. The van der Waals surface area contributed by atoms with Crippen molar-refractivity contribution in [2.45, 2.75) is 161 Å². The molecule has 0 rings (SSSR count). The molecule has 5 nitrogen and oxygen atoms in total. The zero-order valence-corrected chi connectivity index (χ0v) is 26.2. The van der Waals surface area contributed by atoms with Gasteiger partial charge in [0.25, 0.3) is 0 Å². The topological polar surface area (TPSA) is 48.0 Å². The molecular formula is C33H65NO4. The zero-order valence-electron chi connectivity index (χ0n) is 26.2. The Labute approximate surface area is 237 Å². The monoisotopic (exact) mass is 539 g/mol. The largest absolute Gasteiger partial charge is 0.496 e. The van der Waals surface area contributed by atoms with Crippen LogP contribution in [0.2, 0.25) is 0 Å². The van der Waals surface area contributed by atoms with Crippen LogP contribution in [0.5, 0.6) is 0 Å². The molecule has 0 aliphatic carbocycles. The van der Waals surface area contributed by atoms with Gasteiger partial charge < -0.3 is 19.1 Å². The van der Waals surface area contributed by atoms with Crippen molar-refractivity contribution in [3.8, 4) is 0 Å². The molecule has 0 saturated carbocycles. The summed E-state index contributed by atoms with van der Waals surface area (Å²) in [6, 6.07) is 0. The number of rotatable bonds is 29. The molecule has 0 heterocycles. The van der Waals surface area contributed by atoms with E-state index in [1.807, 2.05) is 19.0 Å². The van der Waals surface area contributed by atoms with Crippen LogP contribution in [-0.4, -0.2) is 56.9 Å². The van der Waals surface area contributed by atoms with Crippen molar-refractivity contribution in [1.82, 2.24) is 4.90 Å². The van der Waals surface area contributed by atoms with Gasteiger partial charge in [0.1, 0.15) is 12.7 Å². The predicted molar refractivity (Wildman–Crippen MR) is 163 cm³/mol.